The van der Waals surface area contributed by atoms with E-state index in [1.54, 1.807) is 30.0 Å². The Morgan fingerprint density at radius 2 is 1.79 bits per heavy atom. The van der Waals surface area contributed by atoms with Crippen molar-refractivity contribution in [3.63, 3.8) is 0 Å². The minimum atomic E-state index is -0.996. The molecule has 3 N–H and O–H groups in total. The van der Waals surface area contributed by atoms with Gasteiger partial charge in [0.15, 0.2) is 5.78 Å². The van der Waals surface area contributed by atoms with E-state index in [2.05, 4.69) is 10.6 Å². The number of Topliss-reactive ketones (excluding diaryl/α,β-unsaturated/α-hetero) is 1. The monoisotopic (exact) mass is 654 g/mol. The molecule has 1 saturated heterocycles. The summed E-state index contributed by atoms with van der Waals surface area (Å²) in [5, 5.41) is 18.2. The highest BCUT2D eigenvalue weighted by Gasteiger charge is 2.40. The van der Waals surface area contributed by atoms with Crippen LogP contribution < -0.4 is 25.8 Å². The molecule has 1 aliphatic heterocycles. The molecule has 0 spiro atoms. The lowest BCUT2D eigenvalue weighted by atomic mass is 9.71. The fourth-order valence-electron chi connectivity index (χ4n) is 7.49. The summed E-state index contributed by atoms with van der Waals surface area (Å²) in [5.41, 5.74) is 2.08. The fraction of sp³-hybridized carbons (Fsp3) is 0.474. The smallest absolute Gasteiger partial charge is 0.274 e. The van der Waals surface area contributed by atoms with Gasteiger partial charge in [-0.3, -0.25) is 19.2 Å². The van der Waals surface area contributed by atoms with Crippen LogP contribution in [0.5, 0.6) is 5.75 Å². The van der Waals surface area contributed by atoms with E-state index in [1.807, 2.05) is 50.2 Å². The number of hydrogen-bond donors (Lipinski definition) is 3. The Morgan fingerprint density at radius 3 is 2.48 bits per heavy atom. The Labute approximate surface area is 281 Å². The van der Waals surface area contributed by atoms with E-state index in [0.29, 0.717) is 43.5 Å². The maximum atomic E-state index is 14.0. The van der Waals surface area contributed by atoms with Crippen LogP contribution in [0.4, 0.5) is 5.69 Å². The van der Waals surface area contributed by atoms with Crippen LogP contribution in [0.25, 0.3) is 0 Å². The molecule has 0 radical (unpaired) electrons. The zero-order valence-corrected chi connectivity index (χ0v) is 28.0. The van der Waals surface area contributed by atoms with Gasteiger partial charge in [0, 0.05) is 48.8 Å². The molecule has 2 amide bonds. The van der Waals surface area contributed by atoms with Crippen molar-refractivity contribution in [3.8, 4) is 5.75 Å². The molecule has 254 valence electrons. The number of aliphatic hydroxyl groups is 1. The minimum absolute atomic E-state index is 0.0234. The van der Waals surface area contributed by atoms with Crippen molar-refractivity contribution in [1.82, 2.24) is 15.2 Å². The number of methoxy groups -OCH3 is 1. The van der Waals surface area contributed by atoms with E-state index in [9.17, 15) is 24.3 Å². The number of pyridine rings is 1. The molecule has 3 atom stereocenters. The summed E-state index contributed by atoms with van der Waals surface area (Å²) in [6.07, 6.45) is 6.28. The number of ketones is 1. The second-order valence-electron chi connectivity index (χ2n) is 14.1. The Balaban J connectivity index is 1.27. The van der Waals surface area contributed by atoms with E-state index in [1.165, 1.54) is 11.0 Å². The highest BCUT2D eigenvalue weighted by atomic mass is 16.5. The Kier molecular flexibility index (Phi) is 9.85. The van der Waals surface area contributed by atoms with Gasteiger partial charge in [0.05, 0.1) is 24.8 Å². The molecule has 6 rings (SSSR count). The zero-order valence-electron chi connectivity index (χ0n) is 28.0. The Hall–Kier alpha value is -4.28. The number of nitrogens with zero attached hydrogens (tertiary/aromatic N) is 2. The number of anilines is 1. The van der Waals surface area contributed by atoms with Crippen LogP contribution in [0.15, 0.2) is 65.6 Å². The number of aliphatic hydroxyl groups excluding tert-OH is 1. The molecular formula is C38H46N4O6. The molecule has 0 unspecified atom stereocenters. The number of hydrogen-bond acceptors (Lipinski definition) is 7. The van der Waals surface area contributed by atoms with Crippen LogP contribution in [-0.4, -0.2) is 59.6 Å². The molecule has 1 aromatic heterocycles. The summed E-state index contributed by atoms with van der Waals surface area (Å²) in [7, 11) is 1.59. The van der Waals surface area contributed by atoms with E-state index in [-0.39, 0.29) is 47.1 Å². The van der Waals surface area contributed by atoms with Crippen molar-refractivity contribution in [2.75, 3.05) is 25.1 Å². The standard InChI is InChI=1S/C38H46N4O6/c1-38(2)21-31(29-20-27(48-3)15-16-28(29)35(38)45)39-22-33(43)30(18-24-10-5-4-6-11-24)40-36(46)25-19-32(41-17-9-14-34(41)44)37(47)42(23-25)26-12-7-8-13-26/h4-6,10-11,15-16,19-20,23,26,30-31,33,39,43H,7-9,12-14,17-18,21-22H2,1-3H3,(H,40,46)/t30-,31+,33-/m0/s1. The summed E-state index contributed by atoms with van der Waals surface area (Å²) < 4.78 is 7.09. The van der Waals surface area contributed by atoms with Gasteiger partial charge in [0.1, 0.15) is 11.4 Å². The molecule has 2 heterocycles. The second kappa shape index (κ2) is 14.1. The summed E-state index contributed by atoms with van der Waals surface area (Å²) in [6.45, 7) is 4.46. The molecule has 2 fully saturated rings. The molecule has 2 aromatic carbocycles. The minimum Gasteiger partial charge on any atom is -0.497 e. The van der Waals surface area contributed by atoms with Crippen molar-refractivity contribution in [2.24, 2.45) is 5.41 Å². The average Bonchev–Trinajstić information content (AvgIpc) is 3.78. The number of fused-ring (bicyclic) bond motifs is 1. The van der Waals surface area contributed by atoms with Gasteiger partial charge in [-0.15, -0.1) is 0 Å². The Bertz CT molecular complexity index is 1730. The third-order valence-corrected chi connectivity index (χ3v) is 10.2. The van der Waals surface area contributed by atoms with Crippen LogP contribution >= 0.6 is 0 Å². The number of ether oxygens (including phenoxy) is 1. The number of rotatable bonds is 11. The quantitative estimate of drug-likeness (QED) is 0.272. The first-order valence-electron chi connectivity index (χ1n) is 17.1. The molecule has 10 nitrogen and oxygen atoms in total. The van der Waals surface area contributed by atoms with Crippen LogP contribution in [-0.2, 0) is 11.2 Å². The normalized spacial score (nSPS) is 20.4. The summed E-state index contributed by atoms with van der Waals surface area (Å²) in [5.74, 6) is 0.186. The van der Waals surface area contributed by atoms with Gasteiger partial charge in [0.25, 0.3) is 11.5 Å². The van der Waals surface area contributed by atoms with Gasteiger partial charge < -0.3 is 29.9 Å². The maximum Gasteiger partial charge on any atom is 0.274 e. The van der Waals surface area contributed by atoms with E-state index >= 15 is 0 Å². The summed E-state index contributed by atoms with van der Waals surface area (Å²) >= 11 is 0. The highest BCUT2D eigenvalue weighted by Crippen LogP contribution is 2.42. The third-order valence-electron chi connectivity index (χ3n) is 10.2. The van der Waals surface area contributed by atoms with Crippen LogP contribution in [0.2, 0.25) is 0 Å². The predicted molar refractivity (Wildman–Crippen MR) is 184 cm³/mol. The van der Waals surface area contributed by atoms with Crippen molar-refractivity contribution in [1.29, 1.82) is 0 Å². The van der Waals surface area contributed by atoms with Crippen molar-refractivity contribution < 1.29 is 24.2 Å². The van der Waals surface area contributed by atoms with Gasteiger partial charge in [0.2, 0.25) is 5.91 Å². The van der Waals surface area contributed by atoms with Crippen molar-refractivity contribution in [2.45, 2.75) is 89.4 Å². The number of carbonyl (C=O) groups is 3. The van der Waals surface area contributed by atoms with E-state index in [4.69, 9.17) is 4.74 Å². The number of nitrogens with one attached hydrogen (secondary N) is 2. The molecule has 0 bridgehead atoms. The number of amides is 2. The molecule has 48 heavy (non-hydrogen) atoms. The highest BCUT2D eigenvalue weighted by molar-refractivity contribution is 6.03. The molecular weight excluding hydrogens is 608 g/mol. The molecule has 3 aliphatic rings. The number of aromatic nitrogens is 1. The first-order chi connectivity index (χ1) is 23.1. The van der Waals surface area contributed by atoms with Crippen LogP contribution in [0.1, 0.15) is 103 Å². The first-order valence-corrected chi connectivity index (χ1v) is 17.1. The zero-order chi connectivity index (χ0) is 34.0. The van der Waals surface area contributed by atoms with Crippen molar-refractivity contribution >= 4 is 23.3 Å². The number of carbonyl (C=O) groups excluding carboxylic acids is 3. The second-order valence-corrected chi connectivity index (χ2v) is 14.1. The van der Waals surface area contributed by atoms with Gasteiger partial charge in [-0.2, -0.15) is 0 Å². The molecule has 1 saturated carbocycles. The third kappa shape index (κ3) is 6.96. The summed E-state index contributed by atoms with van der Waals surface area (Å²) in [4.78, 5) is 55.1. The maximum absolute atomic E-state index is 14.0. The van der Waals surface area contributed by atoms with E-state index < -0.39 is 23.5 Å². The topological polar surface area (TPSA) is 130 Å². The lowest BCUT2D eigenvalue weighted by molar-refractivity contribution is -0.117. The predicted octanol–water partition coefficient (Wildman–Crippen LogP) is 4.74. The average molecular weight is 655 g/mol. The van der Waals surface area contributed by atoms with Crippen LogP contribution in [0, 0.1) is 5.41 Å². The molecule has 10 heteroatoms. The lowest BCUT2D eigenvalue weighted by Crippen LogP contribution is -2.50. The summed E-state index contributed by atoms with van der Waals surface area (Å²) in [6, 6.07) is 15.7. The SMILES string of the molecule is COc1ccc2c(c1)[C@H](NC[C@H](O)[C@H](Cc1ccccc1)NC(=O)c1cc(N3CCCC3=O)c(=O)n(C3CCCC3)c1)CC(C)(C)C2=O. The van der Waals surface area contributed by atoms with Crippen molar-refractivity contribution in [3.05, 3.63) is 93.4 Å². The largest absolute Gasteiger partial charge is 0.497 e. The first kappa shape index (κ1) is 33.6. The number of benzene rings is 2. The van der Waals surface area contributed by atoms with Gasteiger partial charge in [-0.05, 0) is 67.5 Å². The van der Waals surface area contributed by atoms with Gasteiger partial charge >= 0.3 is 0 Å². The van der Waals surface area contributed by atoms with Crippen LogP contribution in [0.3, 0.4) is 0 Å². The molecule has 2 aliphatic carbocycles. The van der Waals surface area contributed by atoms with E-state index in [0.717, 1.165) is 36.8 Å². The molecule has 3 aromatic rings. The fourth-order valence-corrected chi connectivity index (χ4v) is 7.49. The van der Waals surface area contributed by atoms with Gasteiger partial charge in [-0.25, -0.2) is 0 Å². The Morgan fingerprint density at radius 1 is 1.04 bits per heavy atom. The lowest BCUT2D eigenvalue weighted by Gasteiger charge is -2.37. The van der Waals surface area contributed by atoms with Gasteiger partial charge in [-0.1, -0.05) is 57.0 Å².